The molecule has 4 aromatic carbocycles. The van der Waals surface area contributed by atoms with E-state index in [4.69, 9.17) is 11.6 Å². The maximum atomic E-state index is 13.7. The molecule has 35 heavy (non-hydrogen) atoms. The highest BCUT2D eigenvalue weighted by Crippen LogP contribution is 2.40. The molecule has 1 aliphatic heterocycles. The van der Waals surface area contributed by atoms with Crippen LogP contribution in [0.5, 0.6) is 0 Å². The average Bonchev–Trinajstić information content (AvgIpc) is 3.13. The molecule has 4 aromatic rings. The zero-order valence-electron chi connectivity index (χ0n) is 18.6. The third-order valence-corrected chi connectivity index (χ3v) is 6.58. The second-order valence-corrected chi connectivity index (χ2v) is 8.88. The predicted octanol–water partition coefficient (Wildman–Crippen LogP) is 6.30. The number of aliphatic hydroxyl groups excluding tert-OH is 1. The van der Waals surface area contributed by atoms with E-state index in [1.165, 1.54) is 29.2 Å². The number of carbonyl (C=O) groups is 2. The molecule has 4 nitrogen and oxygen atoms in total. The molecule has 0 radical (unpaired) electrons. The van der Waals surface area contributed by atoms with E-state index in [0.717, 1.165) is 16.3 Å². The number of halogens is 2. The van der Waals surface area contributed by atoms with Crippen molar-refractivity contribution < 1.29 is 19.1 Å². The Morgan fingerprint density at radius 1 is 0.886 bits per heavy atom. The summed E-state index contributed by atoms with van der Waals surface area (Å²) in [7, 11) is 0. The molecule has 1 saturated heterocycles. The Hall–Kier alpha value is -3.96. The Balaban J connectivity index is 1.62. The molecule has 1 aliphatic rings. The number of likely N-dealkylation sites (tertiary alicyclic amines) is 1. The largest absolute Gasteiger partial charge is 0.507 e. The van der Waals surface area contributed by atoms with Crippen LogP contribution in [0.15, 0.2) is 96.6 Å². The van der Waals surface area contributed by atoms with Crippen molar-refractivity contribution in [3.8, 4) is 0 Å². The second kappa shape index (κ2) is 9.35. The number of carbonyl (C=O) groups excluding carboxylic acids is 2. The van der Waals surface area contributed by atoms with Crippen molar-refractivity contribution in [3.63, 3.8) is 0 Å². The molecule has 1 amide bonds. The van der Waals surface area contributed by atoms with Crippen molar-refractivity contribution in [1.82, 2.24) is 4.90 Å². The topological polar surface area (TPSA) is 57.6 Å². The molecule has 1 heterocycles. The van der Waals surface area contributed by atoms with Crippen molar-refractivity contribution in [2.24, 2.45) is 0 Å². The number of Topliss-reactive ketones (excluding diaryl/α,β-unsaturated/α-hetero) is 1. The van der Waals surface area contributed by atoms with Crippen LogP contribution in [0.2, 0.25) is 5.02 Å². The quantitative estimate of drug-likeness (QED) is 0.205. The summed E-state index contributed by atoms with van der Waals surface area (Å²) in [5.41, 5.74) is 1.95. The van der Waals surface area contributed by atoms with Gasteiger partial charge in [0.1, 0.15) is 11.6 Å². The number of amides is 1. The number of fused-ring (bicyclic) bond motifs is 1. The lowest BCUT2D eigenvalue weighted by atomic mass is 9.93. The van der Waals surface area contributed by atoms with Crippen molar-refractivity contribution in [2.45, 2.75) is 12.5 Å². The van der Waals surface area contributed by atoms with Gasteiger partial charge in [0.05, 0.1) is 11.6 Å². The molecule has 0 bridgehead atoms. The van der Waals surface area contributed by atoms with E-state index in [1.807, 2.05) is 42.5 Å². The lowest BCUT2D eigenvalue weighted by Gasteiger charge is -2.25. The standard InChI is InChI=1S/C29H21ClFNO3/c30-21-12-8-18(9-13-21)16-17-32-26(20-10-14-22(31)15-11-20)25(28(34)29(32)35)27(33)24-7-3-5-19-4-1-2-6-23(19)24/h1-15,26,33H,16-17H2/b27-25-. The lowest BCUT2D eigenvalue weighted by Crippen LogP contribution is -2.31. The molecular weight excluding hydrogens is 465 g/mol. The first-order valence-electron chi connectivity index (χ1n) is 11.2. The maximum absolute atomic E-state index is 13.7. The van der Waals surface area contributed by atoms with E-state index in [-0.39, 0.29) is 17.9 Å². The molecule has 0 aromatic heterocycles. The Morgan fingerprint density at radius 2 is 1.57 bits per heavy atom. The summed E-state index contributed by atoms with van der Waals surface area (Å²) in [6.07, 6.45) is 0.482. The summed E-state index contributed by atoms with van der Waals surface area (Å²) in [5, 5.41) is 13.7. The van der Waals surface area contributed by atoms with Crippen LogP contribution in [0.1, 0.15) is 22.7 Å². The highest BCUT2D eigenvalue weighted by Gasteiger charge is 2.46. The summed E-state index contributed by atoms with van der Waals surface area (Å²) in [6.45, 7) is 0.237. The first kappa shape index (κ1) is 22.8. The van der Waals surface area contributed by atoms with Gasteiger partial charge in [-0.05, 0) is 52.6 Å². The monoisotopic (exact) mass is 485 g/mol. The van der Waals surface area contributed by atoms with Crippen LogP contribution in [0, 0.1) is 5.82 Å². The lowest BCUT2D eigenvalue weighted by molar-refractivity contribution is -0.139. The van der Waals surface area contributed by atoms with E-state index in [9.17, 15) is 19.1 Å². The Kier molecular flexibility index (Phi) is 6.10. The predicted molar refractivity (Wildman–Crippen MR) is 135 cm³/mol. The normalized spacial score (nSPS) is 17.3. The van der Waals surface area contributed by atoms with Gasteiger partial charge in [-0.3, -0.25) is 9.59 Å². The first-order chi connectivity index (χ1) is 16.9. The van der Waals surface area contributed by atoms with Gasteiger partial charge >= 0.3 is 0 Å². The van der Waals surface area contributed by atoms with Gasteiger partial charge < -0.3 is 10.0 Å². The molecule has 6 heteroatoms. The summed E-state index contributed by atoms with van der Waals surface area (Å²) in [6, 6.07) is 25.0. The van der Waals surface area contributed by atoms with Crippen LogP contribution in [0.3, 0.4) is 0 Å². The third kappa shape index (κ3) is 4.31. The number of aliphatic hydroxyl groups is 1. The molecule has 5 rings (SSSR count). The zero-order valence-corrected chi connectivity index (χ0v) is 19.4. The third-order valence-electron chi connectivity index (χ3n) is 6.33. The molecule has 1 fully saturated rings. The molecule has 1 atom stereocenters. The Morgan fingerprint density at radius 3 is 2.31 bits per heavy atom. The van der Waals surface area contributed by atoms with Gasteiger partial charge in [-0.25, -0.2) is 4.39 Å². The maximum Gasteiger partial charge on any atom is 0.295 e. The molecule has 1 unspecified atom stereocenters. The minimum Gasteiger partial charge on any atom is -0.507 e. The first-order valence-corrected chi connectivity index (χ1v) is 11.6. The van der Waals surface area contributed by atoms with Crippen LogP contribution in [-0.4, -0.2) is 28.2 Å². The van der Waals surface area contributed by atoms with Gasteiger partial charge in [-0.2, -0.15) is 0 Å². The average molecular weight is 486 g/mol. The summed E-state index contributed by atoms with van der Waals surface area (Å²) in [5.74, 6) is -2.14. The second-order valence-electron chi connectivity index (χ2n) is 8.45. The number of hydrogen-bond acceptors (Lipinski definition) is 3. The van der Waals surface area contributed by atoms with Crippen molar-refractivity contribution in [3.05, 3.63) is 124 Å². The van der Waals surface area contributed by atoms with Crippen molar-refractivity contribution in [2.75, 3.05) is 6.54 Å². The summed E-state index contributed by atoms with van der Waals surface area (Å²) in [4.78, 5) is 27.9. The molecular formula is C29H21ClFNO3. The number of ketones is 1. The van der Waals surface area contributed by atoms with Gasteiger partial charge in [-0.15, -0.1) is 0 Å². The van der Waals surface area contributed by atoms with Crippen molar-refractivity contribution in [1.29, 1.82) is 0 Å². The van der Waals surface area contributed by atoms with Crippen molar-refractivity contribution >= 4 is 39.8 Å². The number of rotatable bonds is 5. The highest BCUT2D eigenvalue weighted by molar-refractivity contribution is 6.46. The summed E-state index contributed by atoms with van der Waals surface area (Å²) >= 11 is 5.98. The van der Waals surface area contributed by atoms with E-state index in [2.05, 4.69) is 0 Å². The van der Waals surface area contributed by atoms with Crippen LogP contribution in [0.4, 0.5) is 4.39 Å². The van der Waals surface area contributed by atoms with E-state index in [1.54, 1.807) is 24.3 Å². The van der Waals surface area contributed by atoms with Gasteiger partial charge in [0.25, 0.3) is 11.7 Å². The van der Waals surface area contributed by atoms with Gasteiger partial charge in [0, 0.05) is 17.1 Å². The number of hydrogen-bond donors (Lipinski definition) is 1. The highest BCUT2D eigenvalue weighted by atomic mass is 35.5. The van der Waals surface area contributed by atoms with Crippen LogP contribution < -0.4 is 0 Å². The smallest absolute Gasteiger partial charge is 0.295 e. The van der Waals surface area contributed by atoms with Gasteiger partial charge in [0.2, 0.25) is 0 Å². The minimum absolute atomic E-state index is 0.00549. The molecule has 0 aliphatic carbocycles. The molecule has 0 spiro atoms. The van der Waals surface area contributed by atoms with E-state index >= 15 is 0 Å². The van der Waals surface area contributed by atoms with E-state index < -0.39 is 23.5 Å². The van der Waals surface area contributed by atoms with Crippen LogP contribution in [-0.2, 0) is 16.0 Å². The van der Waals surface area contributed by atoms with E-state index in [0.29, 0.717) is 22.6 Å². The fourth-order valence-electron chi connectivity index (χ4n) is 4.58. The zero-order chi connectivity index (χ0) is 24.5. The molecule has 1 N–H and O–H groups in total. The Labute approximate surface area is 206 Å². The fraction of sp³-hybridized carbons (Fsp3) is 0.103. The molecule has 174 valence electrons. The molecule has 0 saturated carbocycles. The van der Waals surface area contributed by atoms with Crippen LogP contribution in [0.25, 0.3) is 16.5 Å². The fourth-order valence-corrected chi connectivity index (χ4v) is 4.71. The number of benzene rings is 4. The van der Waals surface area contributed by atoms with Gasteiger partial charge in [-0.1, -0.05) is 78.3 Å². The minimum atomic E-state index is -0.845. The number of nitrogens with zero attached hydrogens (tertiary/aromatic N) is 1. The Bertz CT molecular complexity index is 1460. The van der Waals surface area contributed by atoms with Gasteiger partial charge in [0.15, 0.2) is 0 Å². The SMILES string of the molecule is O=C1C(=O)N(CCc2ccc(Cl)cc2)C(c2ccc(F)cc2)/C1=C(/O)c1cccc2ccccc12. The van der Waals surface area contributed by atoms with Crippen LogP contribution >= 0.6 is 11.6 Å². The summed E-state index contributed by atoms with van der Waals surface area (Å²) < 4.78 is 13.7.